The second-order valence-electron chi connectivity index (χ2n) is 5.43. The molecule has 21 heavy (non-hydrogen) atoms. The van der Waals surface area contributed by atoms with E-state index in [9.17, 15) is 0 Å². The third-order valence-corrected chi connectivity index (χ3v) is 4.97. The van der Waals surface area contributed by atoms with Crippen LogP contribution in [-0.2, 0) is 0 Å². The molecular weight excluding hydrogens is 303 g/mol. The number of hydrogen-bond donors (Lipinski definition) is 1. The Morgan fingerprint density at radius 1 is 1.19 bits per heavy atom. The summed E-state index contributed by atoms with van der Waals surface area (Å²) in [5.74, 6) is 0. The fourth-order valence-corrected chi connectivity index (χ4v) is 3.09. The van der Waals surface area contributed by atoms with E-state index in [1.807, 2.05) is 12.1 Å². The van der Waals surface area contributed by atoms with E-state index in [0.717, 1.165) is 31.6 Å². The molecule has 0 radical (unpaired) electrons. The molecule has 0 saturated carbocycles. The molecule has 0 spiro atoms. The van der Waals surface area contributed by atoms with Gasteiger partial charge in [-0.25, -0.2) is 0 Å². The van der Waals surface area contributed by atoms with Crippen molar-refractivity contribution in [2.24, 2.45) is 0 Å². The maximum atomic E-state index is 6.38. The lowest BCUT2D eigenvalue weighted by atomic mass is 10.0. The fraction of sp³-hybridized carbons (Fsp3) is 0.647. The van der Waals surface area contributed by atoms with Crippen molar-refractivity contribution >= 4 is 23.2 Å². The topological polar surface area (TPSA) is 15.3 Å². The Labute approximate surface area is 139 Å². The third kappa shape index (κ3) is 5.45. The first-order valence-electron chi connectivity index (χ1n) is 7.96. The molecule has 0 amide bonds. The van der Waals surface area contributed by atoms with Gasteiger partial charge in [0.25, 0.3) is 0 Å². The van der Waals surface area contributed by atoms with Crippen LogP contribution in [0, 0.1) is 0 Å². The zero-order valence-electron chi connectivity index (χ0n) is 13.6. The smallest absolute Gasteiger partial charge is 0.0640 e. The van der Waals surface area contributed by atoms with Gasteiger partial charge >= 0.3 is 0 Å². The molecule has 1 N–H and O–H groups in total. The zero-order valence-corrected chi connectivity index (χ0v) is 15.1. The number of nitrogens with one attached hydrogen (secondary N) is 1. The maximum absolute atomic E-state index is 6.38. The lowest BCUT2D eigenvalue weighted by Gasteiger charge is -2.29. The summed E-state index contributed by atoms with van der Waals surface area (Å²) in [6, 6.07) is 6.75. The second-order valence-corrected chi connectivity index (χ2v) is 6.21. The average Bonchev–Trinajstić information content (AvgIpc) is 2.49. The minimum absolute atomic E-state index is 0.249. The highest BCUT2D eigenvalue weighted by atomic mass is 35.5. The Hall–Kier alpha value is -0.280. The van der Waals surface area contributed by atoms with Crippen LogP contribution >= 0.6 is 23.2 Å². The quantitative estimate of drug-likeness (QED) is 0.673. The molecule has 0 aliphatic carbocycles. The van der Waals surface area contributed by atoms with Crippen LogP contribution in [0.1, 0.15) is 52.1 Å². The largest absolute Gasteiger partial charge is 0.310 e. The molecule has 1 aromatic carbocycles. The van der Waals surface area contributed by atoms with Crippen LogP contribution in [0.25, 0.3) is 0 Å². The summed E-state index contributed by atoms with van der Waals surface area (Å²) in [6.07, 6.45) is 2.21. The monoisotopic (exact) mass is 330 g/mol. The molecule has 120 valence electrons. The fourth-order valence-electron chi connectivity index (χ4n) is 2.65. The Balaban J connectivity index is 2.80. The first-order valence-corrected chi connectivity index (χ1v) is 8.71. The normalized spacial score (nSPS) is 14.4. The molecule has 2 unspecified atom stereocenters. The van der Waals surface area contributed by atoms with Crippen molar-refractivity contribution in [2.45, 2.75) is 52.6 Å². The first kappa shape index (κ1) is 18.8. The molecule has 0 heterocycles. The molecule has 0 bridgehead atoms. The zero-order chi connectivity index (χ0) is 15.8. The first-order chi connectivity index (χ1) is 10.0. The lowest BCUT2D eigenvalue weighted by Crippen LogP contribution is -2.35. The number of benzene rings is 1. The van der Waals surface area contributed by atoms with Gasteiger partial charge in [0.05, 0.1) is 10.0 Å². The molecule has 1 aromatic rings. The summed E-state index contributed by atoms with van der Waals surface area (Å²) in [5.41, 5.74) is 1.10. The van der Waals surface area contributed by atoms with Gasteiger partial charge in [-0.3, -0.25) is 0 Å². The number of rotatable bonds is 9. The van der Waals surface area contributed by atoms with Gasteiger partial charge in [-0.15, -0.1) is 0 Å². The van der Waals surface area contributed by atoms with Crippen LogP contribution in [0.2, 0.25) is 10.0 Å². The SMILES string of the molecule is CCNC(CCN(CC)C(C)CC)c1cccc(Cl)c1Cl. The van der Waals surface area contributed by atoms with Gasteiger partial charge in [0, 0.05) is 18.6 Å². The van der Waals surface area contributed by atoms with Crippen LogP contribution in [0.4, 0.5) is 0 Å². The van der Waals surface area contributed by atoms with E-state index in [4.69, 9.17) is 23.2 Å². The highest BCUT2D eigenvalue weighted by Gasteiger charge is 2.18. The van der Waals surface area contributed by atoms with Crippen molar-refractivity contribution in [3.63, 3.8) is 0 Å². The molecule has 4 heteroatoms. The summed E-state index contributed by atoms with van der Waals surface area (Å²) in [4.78, 5) is 2.52. The van der Waals surface area contributed by atoms with Gasteiger partial charge in [-0.05, 0) is 44.5 Å². The van der Waals surface area contributed by atoms with E-state index in [-0.39, 0.29) is 6.04 Å². The van der Waals surface area contributed by atoms with E-state index in [1.54, 1.807) is 0 Å². The van der Waals surface area contributed by atoms with Crippen LogP contribution in [0.3, 0.4) is 0 Å². The number of hydrogen-bond acceptors (Lipinski definition) is 2. The minimum Gasteiger partial charge on any atom is -0.310 e. The maximum Gasteiger partial charge on any atom is 0.0640 e. The Kier molecular flexibility index (Phi) is 8.65. The highest BCUT2D eigenvalue weighted by molar-refractivity contribution is 6.42. The van der Waals surface area contributed by atoms with Crippen LogP contribution in [0.15, 0.2) is 18.2 Å². The van der Waals surface area contributed by atoms with E-state index >= 15 is 0 Å². The summed E-state index contributed by atoms with van der Waals surface area (Å²) in [5, 5.41) is 4.84. The van der Waals surface area contributed by atoms with Crippen molar-refractivity contribution in [3.05, 3.63) is 33.8 Å². The number of halogens is 2. The van der Waals surface area contributed by atoms with Crippen molar-refractivity contribution in [2.75, 3.05) is 19.6 Å². The van der Waals surface area contributed by atoms with Gasteiger partial charge in [-0.2, -0.15) is 0 Å². The van der Waals surface area contributed by atoms with Crippen LogP contribution in [0.5, 0.6) is 0 Å². The van der Waals surface area contributed by atoms with Crippen LogP contribution in [-0.4, -0.2) is 30.6 Å². The van der Waals surface area contributed by atoms with E-state index in [1.165, 1.54) is 6.42 Å². The third-order valence-electron chi connectivity index (χ3n) is 4.13. The molecule has 0 aromatic heterocycles. The standard InChI is InChI=1S/C17H28Cl2N2/c1-5-13(4)21(7-3)12-11-16(20-6-2)14-9-8-10-15(18)17(14)19/h8-10,13,16,20H,5-7,11-12H2,1-4H3. The second kappa shape index (κ2) is 9.68. The molecule has 1 rings (SSSR count). The molecule has 2 atom stereocenters. The van der Waals surface area contributed by atoms with Gasteiger partial charge in [0.1, 0.15) is 0 Å². The van der Waals surface area contributed by atoms with Gasteiger partial charge in [0.15, 0.2) is 0 Å². The van der Waals surface area contributed by atoms with Crippen molar-refractivity contribution in [3.8, 4) is 0 Å². The predicted octanol–water partition coefficient (Wildman–Crippen LogP) is 5.15. The molecule has 0 fully saturated rings. The lowest BCUT2D eigenvalue weighted by molar-refractivity contribution is 0.203. The average molecular weight is 331 g/mol. The highest BCUT2D eigenvalue weighted by Crippen LogP contribution is 2.31. The van der Waals surface area contributed by atoms with Crippen molar-refractivity contribution in [1.82, 2.24) is 10.2 Å². The molecule has 0 aliphatic rings. The van der Waals surface area contributed by atoms with Gasteiger partial charge < -0.3 is 10.2 Å². The van der Waals surface area contributed by atoms with E-state index in [2.05, 4.69) is 44.0 Å². The summed E-state index contributed by atoms with van der Waals surface area (Å²) < 4.78 is 0. The number of nitrogens with zero attached hydrogens (tertiary/aromatic N) is 1. The van der Waals surface area contributed by atoms with Crippen molar-refractivity contribution in [1.29, 1.82) is 0 Å². The minimum atomic E-state index is 0.249. The summed E-state index contributed by atoms with van der Waals surface area (Å²) >= 11 is 12.5. The van der Waals surface area contributed by atoms with Gasteiger partial charge in [-0.1, -0.05) is 56.1 Å². The summed E-state index contributed by atoms with van der Waals surface area (Å²) in [7, 11) is 0. The Morgan fingerprint density at radius 3 is 2.48 bits per heavy atom. The van der Waals surface area contributed by atoms with E-state index < -0.39 is 0 Å². The van der Waals surface area contributed by atoms with Crippen LogP contribution < -0.4 is 5.32 Å². The Morgan fingerprint density at radius 2 is 1.90 bits per heavy atom. The van der Waals surface area contributed by atoms with Gasteiger partial charge in [0.2, 0.25) is 0 Å². The molecule has 0 saturated heterocycles. The molecule has 0 aliphatic heterocycles. The predicted molar refractivity (Wildman–Crippen MR) is 94.5 cm³/mol. The molecular formula is C17H28Cl2N2. The van der Waals surface area contributed by atoms with Crippen molar-refractivity contribution < 1.29 is 0 Å². The molecule has 2 nitrogen and oxygen atoms in total. The van der Waals surface area contributed by atoms with E-state index in [0.29, 0.717) is 16.1 Å². The summed E-state index contributed by atoms with van der Waals surface area (Å²) in [6.45, 7) is 11.9. The Bertz CT molecular complexity index is 423.